The molecule has 1 fully saturated rings. The lowest BCUT2D eigenvalue weighted by atomic mass is 10.1. The number of benzene rings is 3. The third-order valence-corrected chi connectivity index (χ3v) is 7.58. The van der Waals surface area contributed by atoms with E-state index >= 15 is 0 Å². The van der Waals surface area contributed by atoms with Gasteiger partial charge in [-0.05, 0) is 73.7 Å². The third kappa shape index (κ3) is 4.18. The summed E-state index contributed by atoms with van der Waals surface area (Å²) in [4.78, 5) is 23.0. The van der Waals surface area contributed by atoms with Crippen LogP contribution in [0.15, 0.2) is 72.9 Å². The number of fused-ring (bicyclic) bond motifs is 3. The minimum atomic E-state index is -0.239. The van der Waals surface area contributed by atoms with Crippen LogP contribution in [-0.2, 0) is 0 Å². The molecule has 0 radical (unpaired) electrons. The third-order valence-electron chi connectivity index (χ3n) is 6.56. The van der Waals surface area contributed by atoms with E-state index in [2.05, 4.69) is 9.30 Å². The number of hydrogen-bond donors (Lipinski definition) is 0. The molecule has 6 nitrogen and oxygen atoms in total. The smallest absolute Gasteiger partial charge is 0.254 e. The Bertz CT molecular complexity index is 1530. The van der Waals surface area contributed by atoms with Crippen LogP contribution < -0.4 is 9.64 Å². The average molecular weight is 501 g/mol. The molecule has 6 rings (SSSR count). The highest BCUT2D eigenvalue weighted by Crippen LogP contribution is 2.31. The number of thiazole rings is 1. The van der Waals surface area contributed by atoms with Gasteiger partial charge in [-0.1, -0.05) is 11.3 Å². The fourth-order valence-electron chi connectivity index (χ4n) is 4.66. The Morgan fingerprint density at radius 2 is 1.75 bits per heavy atom. The van der Waals surface area contributed by atoms with Crippen LogP contribution in [0.3, 0.4) is 0 Å². The first-order valence-electron chi connectivity index (χ1n) is 12.0. The van der Waals surface area contributed by atoms with Crippen molar-refractivity contribution in [1.29, 1.82) is 0 Å². The minimum absolute atomic E-state index is 0.0387. The van der Waals surface area contributed by atoms with Gasteiger partial charge in [0.25, 0.3) is 5.91 Å². The van der Waals surface area contributed by atoms with Crippen molar-refractivity contribution in [3.8, 4) is 17.0 Å². The predicted molar refractivity (Wildman–Crippen MR) is 142 cm³/mol. The highest BCUT2D eigenvalue weighted by molar-refractivity contribution is 7.23. The predicted octanol–water partition coefficient (Wildman–Crippen LogP) is 5.72. The molecule has 36 heavy (non-hydrogen) atoms. The van der Waals surface area contributed by atoms with Crippen molar-refractivity contribution in [2.24, 2.45) is 0 Å². The number of carbonyl (C=O) groups is 1. The summed E-state index contributed by atoms with van der Waals surface area (Å²) in [5.41, 5.74) is 4.65. The summed E-state index contributed by atoms with van der Waals surface area (Å²) in [7, 11) is 0. The van der Waals surface area contributed by atoms with Gasteiger partial charge >= 0.3 is 0 Å². The van der Waals surface area contributed by atoms with Gasteiger partial charge in [-0.2, -0.15) is 0 Å². The largest absolute Gasteiger partial charge is 0.494 e. The van der Waals surface area contributed by atoms with Gasteiger partial charge < -0.3 is 14.5 Å². The van der Waals surface area contributed by atoms with Gasteiger partial charge in [0.2, 0.25) is 0 Å². The van der Waals surface area contributed by atoms with Crippen LogP contribution in [0.4, 0.5) is 10.1 Å². The van der Waals surface area contributed by atoms with Gasteiger partial charge in [-0.3, -0.25) is 9.20 Å². The molecule has 0 atom stereocenters. The molecule has 2 aromatic heterocycles. The van der Waals surface area contributed by atoms with Crippen molar-refractivity contribution >= 4 is 38.1 Å². The van der Waals surface area contributed by atoms with Gasteiger partial charge in [0.1, 0.15) is 11.6 Å². The van der Waals surface area contributed by atoms with E-state index in [-0.39, 0.29) is 11.7 Å². The van der Waals surface area contributed by atoms with E-state index in [1.807, 2.05) is 60.5 Å². The first kappa shape index (κ1) is 22.5. The highest BCUT2D eigenvalue weighted by Gasteiger charge is 2.23. The van der Waals surface area contributed by atoms with Crippen LogP contribution >= 0.6 is 11.3 Å². The summed E-state index contributed by atoms with van der Waals surface area (Å²) >= 11 is 1.58. The number of hydrogen-bond acceptors (Lipinski definition) is 5. The second-order valence-electron chi connectivity index (χ2n) is 8.78. The molecule has 0 N–H and O–H groups in total. The average Bonchev–Trinajstić information content (AvgIpc) is 3.47. The molecule has 1 aliphatic heterocycles. The molecule has 1 amide bonds. The molecule has 1 saturated heterocycles. The van der Waals surface area contributed by atoms with E-state index < -0.39 is 0 Å². The Labute approximate surface area is 212 Å². The number of rotatable bonds is 5. The van der Waals surface area contributed by atoms with Crippen LogP contribution in [-0.4, -0.2) is 53.0 Å². The number of imidazole rings is 1. The van der Waals surface area contributed by atoms with Crippen LogP contribution in [0.5, 0.6) is 5.75 Å². The maximum absolute atomic E-state index is 13.2. The molecule has 3 heterocycles. The van der Waals surface area contributed by atoms with Crippen LogP contribution in [0.2, 0.25) is 0 Å². The molecular weight excluding hydrogens is 475 g/mol. The monoisotopic (exact) mass is 500 g/mol. The molecule has 0 bridgehead atoms. The number of carbonyl (C=O) groups excluding carboxylic acids is 1. The molecule has 8 heteroatoms. The number of ether oxygens (including phenoxy) is 1. The first-order valence-corrected chi connectivity index (χ1v) is 12.9. The topological polar surface area (TPSA) is 50.1 Å². The van der Waals surface area contributed by atoms with E-state index in [0.29, 0.717) is 25.3 Å². The number of nitrogens with zero attached hydrogens (tertiary/aromatic N) is 4. The Kier molecular flexibility index (Phi) is 5.81. The molecule has 5 aromatic rings. The zero-order valence-corrected chi connectivity index (χ0v) is 20.7. The Morgan fingerprint density at radius 3 is 2.47 bits per heavy atom. The van der Waals surface area contributed by atoms with Gasteiger partial charge in [-0.15, -0.1) is 0 Å². The maximum atomic E-state index is 13.2. The van der Waals surface area contributed by atoms with Gasteiger partial charge in [0, 0.05) is 49.2 Å². The van der Waals surface area contributed by atoms with Crippen LogP contribution in [0.1, 0.15) is 17.3 Å². The van der Waals surface area contributed by atoms with E-state index in [0.717, 1.165) is 51.0 Å². The number of piperazine rings is 1. The summed E-state index contributed by atoms with van der Waals surface area (Å²) in [6.45, 7) is 5.32. The normalized spacial score (nSPS) is 14.1. The minimum Gasteiger partial charge on any atom is -0.494 e. The van der Waals surface area contributed by atoms with Crippen molar-refractivity contribution in [3.63, 3.8) is 0 Å². The Morgan fingerprint density at radius 1 is 1.00 bits per heavy atom. The van der Waals surface area contributed by atoms with Gasteiger partial charge in [-0.25, -0.2) is 9.37 Å². The second kappa shape index (κ2) is 9.28. The number of anilines is 1. The summed E-state index contributed by atoms with van der Waals surface area (Å²) in [6, 6.07) is 20.4. The number of halogens is 1. The van der Waals surface area contributed by atoms with E-state index in [9.17, 15) is 9.18 Å². The zero-order valence-electron chi connectivity index (χ0n) is 19.9. The molecule has 0 aliphatic carbocycles. The van der Waals surface area contributed by atoms with E-state index in [1.165, 1.54) is 12.1 Å². The van der Waals surface area contributed by atoms with Crippen LogP contribution in [0, 0.1) is 5.82 Å². The SMILES string of the molecule is CCOc1ccc(-c2cn3c(n2)sc2cc(C(=O)N4CCN(c5ccc(F)cc5)CC4)ccc23)cc1. The Balaban J connectivity index is 1.18. The summed E-state index contributed by atoms with van der Waals surface area (Å²) in [5, 5.41) is 0. The quantitative estimate of drug-likeness (QED) is 0.310. The van der Waals surface area contributed by atoms with E-state index in [1.54, 1.807) is 23.5 Å². The maximum Gasteiger partial charge on any atom is 0.254 e. The fraction of sp³-hybridized carbons (Fsp3) is 0.214. The fourth-order valence-corrected chi connectivity index (χ4v) is 5.71. The van der Waals surface area contributed by atoms with Crippen molar-refractivity contribution in [3.05, 3.63) is 84.3 Å². The summed E-state index contributed by atoms with van der Waals surface area (Å²) in [6.07, 6.45) is 2.04. The number of aromatic nitrogens is 2. The van der Waals surface area contributed by atoms with Crippen molar-refractivity contribution in [1.82, 2.24) is 14.3 Å². The lowest BCUT2D eigenvalue weighted by molar-refractivity contribution is 0.0747. The standard InChI is InChI=1S/C28H25FN4O2S/c1-2-35-23-10-3-19(4-11-23)24-18-33-25-12-5-20(17-26(25)36-28(33)30-24)27(34)32-15-13-31(14-16-32)22-8-6-21(29)7-9-22/h3-12,17-18H,2,13-16H2,1H3. The molecule has 3 aromatic carbocycles. The summed E-state index contributed by atoms with van der Waals surface area (Å²) in [5.74, 6) is 0.648. The van der Waals surface area contributed by atoms with Crippen molar-refractivity contribution < 1.29 is 13.9 Å². The van der Waals surface area contributed by atoms with Gasteiger partial charge in [0.05, 0.1) is 22.5 Å². The molecule has 0 saturated carbocycles. The van der Waals surface area contributed by atoms with Gasteiger partial charge in [0.15, 0.2) is 4.96 Å². The molecule has 182 valence electrons. The number of amides is 1. The lowest BCUT2D eigenvalue weighted by Crippen LogP contribution is -2.48. The molecule has 1 aliphatic rings. The summed E-state index contributed by atoms with van der Waals surface area (Å²) < 4.78 is 21.9. The Hall–Kier alpha value is -3.91. The van der Waals surface area contributed by atoms with Crippen molar-refractivity contribution in [2.75, 3.05) is 37.7 Å². The molecule has 0 unspecified atom stereocenters. The zero-order chi connectivity index (χ0) is 24.6. The molecular formula is C28H25FN4O2S. The second-order valence-corrected chi connectivity index (χ2v) is 9.79. The lowest BCUT2D eigenvalue weighted by Gasteiger charge is -2.36. The van der Waals surface area contributed by atoms with E-state index in [4.69, 9.17) is 9.72 Å². The molecule has 0 spiro atoms. The van der Waals surface area contributed by atoms with Crippen molar-refractivity contribution in [2.45, 2.75) is 6.92 Å². The highest BCUT2D eigenvalue weighted by atomic mass is 32.1. The van der Waals surface area contributed by atoms with Crippen LogP contribution in [0.25, 0.3) is 26.4 Å². The first-order chi connectivity index (χ1) is 17.6.